The van der Waals surface area contributed by atoms with Crippen LogP contribution in [0.4, 0.5) is 17.1 Å². The molecule has 0 aromatic heterocycles. The summed E-state index contributed by atoms with van der Waals surface area (Å²) < 4.78 is 0. The Morgan fingerprint density at radius 3 is 1.48 bits per heavy atom. The maximum absolute atomic E-state index is 2.44. The van der Waals surface area contributed by atoms with Crippen LogP contribution < -0.4 is 4.90 Å². The minimum absolute atomic E-state index is 0.446. The number of hydrogen-bond donors (Lipinski definition) is 0. The lowest BCUT2D eigenvalue weighted by atomic mass is 9.67. The summed E-state index contributed by atoms with van der Waals surface area (Å²) in [5.41, 5.74) is 17.8. The summed E-state index contributed by atoms with van der Waals surface area (Å²) in [7, 11) is 0. The Bertz CT molecular complexity index is 3070. The van der Waals surface area contributed by atoms with E-state index in [1.807, 2.05) is 0 Å². The Morgan fingerprint density at radius 2 is 0.750 bits per heavy atom. The summed E-state index contributed by atoms with van der Waals surface area (Å²) in [5.74, 6) is 0. The van der Waals surface area contributed by atoms with Gasteiger partial charge in [0.15, 0.2) is 0 Å². The molecule has 0 saturated carbocycles. The molecule has 0 radical (unpaired) electrons. The van der Waals surface area contributed by atoms with Crippen molar-refractivity contribution in [2.45, 2.75) is 5.41 Å². The van der Waals surface area contributed by atoms with Crippen molar-refractivity contribution >= 4 is 27.8 Å². The van der Waals surface area contributed by atoms with Gasteiger partial charge in [0.25, 0.3) is 0 Å². The molecule has 282 valence electrons. The van der Waals surface area contributed by atoms with Crippen LogP contribution >= 0.6 is 0 Å². The van der Waals surface area contributed by atoms with Crippen molar-refractivity contribution in [2.24, 2.45) is 0 Å². The van der Waals surface area contributed by atoms with Gasteiger partial charge in [0.1, 0.15) is 0 Å². The van der Waals surface area contributed by atoms with Gasteiger partial charge in [-0.25, -0.2) is 0 Å². The van der Waals surface area contributed by atoms with Crippen molar-refractivity contribution in [3.8, 4) is 44.5 Å². The number of rotatable bonds is 8. The van der Waals surface area contributed by atoms with E-state index < -0.39 is 5.41 Å². The fraction of sp³-hybridized carbons (Fsp3) is 0.0169. The molecule has 0 fully saturated rings. The number of para-hydroxylation sites is 1. The van der Waals surface area contributed by atoms with Crippen LogP contribution in [0.25, 0.3) is 55.3 Å². The number of anilines is 3. The minimum Gasteiger partial charge on any atom is -0.309 e. The normalized spacial score (nSPS) is 12.5. The molecule has 1 heteroatoms. The molecule has 60 heavy (non-hydrogen) atoms. The van der Waals surface area contributed by atoms with E-state index in [2.05, 4.69) is 254 Å². The van der Waals surface area contributed by atoms with Crippen LogP contribution in [0.1, 0.15) is 22.3 Å². The molecule has 0 spiro atoms. The summed E-state index contributed by atoms with van der Waals surface area (Å²) in [6.45, 7) is 0. The van der Waals surface area contributed by atoms with Crippen LogP contribution in [-0.2, 0) is 5.41 Å². The maximum Gasteiger partial charge on any atom is 0.0713 e. The summed E-state index contributed by atoms with van der Waals surface area (Å²) in [6, 6.07) is 90.9. The van der Waals surface area contributed by atoms with Crippen molar-refractivity contribution in [3.63, 3.8) is 0 Å². The quantitative estimate of drug-likeness (QED) is 0.149. The van der Waals surface area contributed by atoms with Crippen molar-refractivity contribution < 1.29 is 0 Å². The summed E-state index contributed by atoms with van der Waals surface area (Å²) >= 11 is 0. The molecule has 0 unspecified atom stereocenters. The van der Waals surface area contributed by atoms with Gasteiger partial charge < -0.3 is 4.90 Å². The van der Waals surface area contributed by atoms with E-state index in [9.17, 15) is 0 Å². The second-order valence-electron chi connectivity index (χ2n) is 15.6. The molecule has 0 N–H and O–H groups in total. The SMILES string of the molecule is c1ccc(-c2ccc(-c3ccccc3N(c3ccc(-c4cccc5c4-c4ccccc4C5(c4ccccc4)c4ccccc4)cc3)c3cccc4ccccc34)cc2)cc1. The molecule has 1 aliphatic carbocycles. The van der Waals surface area contributed by atoms with Gasteiger partial charge in [0, 0.05) is 16.6 Å². The molecular weight excluding hydrogens is 723 g/mol. The van der Waals surface area contributed by atoms with Gasteiger partial charge in [-0.1, -0.05) is 224 Å². The number of hydrogen-bond acceptors (Lipinski definition) is 1. The third kappa shape index (κ3) is 5.78. The highest BCUT2D eigenvalue weighted by Crippen LogP contribution is 2.58. The molecule has 0 atom stereocenters. The molecule has 1 aliphatic rings. The standard InChI is InChI=1S/C59H41N/c1-4-18-42(19-5-1)43-34-36-45(37-35-43)51-27-13-15-32-56(51)60(57-33-16-21-44-20-10-11-26-50(44)57)49-40-38-46(39-41-49)52-29-17-31-55-58(52)53-28-12-14-30-54(53)59(55,47-22-6-2-7-23-47)48-24-8-3-9-25-48/h1-41H. The second kappa shape index (κ2) is 14.9. The predicted molar refractivity (Wildman–Crippen MR) is 252 cm³/mol. The van der Waals surface area contributed by atoms with Gasteiger partial charge in [-0.3, -0.25) is 0 Å². The maximum atomic E-state index is 2.44. The first kappa shape index (κ1) is 35.4. The molecule has 0 aliphatic heterocycles. The predicted octanol–water partition coefficient (Wildman–Crippen LogP) is 15.7. The zero-order valence-electron chi connectivity index (χ0n) is 33.1. The molecule has 10 aromatic carbocycles. The van der Waals surface area contributed by atoms with Crippen LogP contribution in [0.2, 0.25) is 0 Å². The van der Waals surface area contributed by atoms with Crippen LogP contribution in [0.15, 0.2) is 249 Å². The Hall–Kier alpha value is -7.74. The van der Waals surface area contributed by atoms with E-state index in [4.69, 9.17) is 0 Å². The lowest BCUT2D eigenvalue weighted by molar-refractivity contribution is 0.768. The van der Waals surface area contributed by atoms with Crippen LogP contribution in [0, 0.1) is 0 Å². The van der Waals surface area contributed by atoms with Gasteiger partial charge in [0.2, 0.25) is 0 Å². The molecule has 0 heterocycles. The zero-order valence-corrected chi connectivity index (χ0v) is 33.1. The van der Waals surface area contributed by atoms with Crippen molar-refractivity contribution in [1.29, 1.82) is 0 Å². The molecule has 1 nitrogen and oxygen atoms in total. The van der Waals surface area contributed by atoms with E-state index in [0.717, 1.165) is 17.1 Å². The number of fused-ring (bicyclic) bond motifs is 4. The monoisotopic (exact) mass is 763 g/mol. The lowest BCUT2D eigenvalue weighted by Crippen LogP contribution is -2.28. The van der Waals surface area contributed by atoms with Crippen molar-refractivity contribution in [3.05, 3.63) is 271 Å². The first-order valence-electron chi connectivity index (χ1n) is 20.8. The fourth-order valence-electron chi connectivity index (χ4n) is 9.72. The Morgan fingerprint density at radius 1 is 0.283 bits per heavy atom. The first-order valence-corrected chi connectivity index (χ1v) is 20.8. The van der Waals surface area contributed by atoms with E-state index in [0.29, 0.717) is 0 Å². The number of nitrogens with zero attached hydrogens (tertiary/aromatic N) is 1. The van der Waals surface area contributed by atoms with E-state index in [1.54, 1.807) is 0 Å². The average Bonchev–Trinajstić information content (AvgIpc) is 3.64. The molecule has 11 rings (SSSR count). The Kier molecular flexibility index (Phi) is 8.79. The highest BCUT2D eigenvalue weighted by atomic mass is 15.1. The van der Waals surface area contributed by atoms with Crippen LogP contribution in [-0.4, -0.2) is 0 Å². The summed E-state index contributed by atoms with van der Waals surface area (Å²) in [5, 5.41) is 2.41. The van der Waals surface area contributed by atoms with Crippen LogP contribution in [0.5, 0.6) is 0 Å². The molecule has 10 aromatic rings. The third-order valence-corrected chi connectivity index (χ3v) is 12.4. The van der Waals surface area contributed by atoms with Gasteiger partial charge in [-0.2, -0.15) is 0 Å². The van der Waals surface area contributed by atoms with Crippen LogP contribution in [0.3, 0.4) is 0 Å². The molecular formula is C59H41N. The van der Waals surface area contributed by atoms with Crippen molar-refractivity contribution in [1.82, 2.24) is 0 Å². The molecule has 0 bridgehead atoms. The zero-order chi connectivity index (χ0) is 39.9. The average molecular weight is 764 g/mol. The fourth-order valence-corrected chi connectivity index (χ4v) is 9.72. The highest BCUT2D eigenvalue weighted by Gasteiger charge is 2.46. The van der Waals surface area contributed by atoms with Gasteiger partial charge in [0.05, 0.1) is 16.8 Å². The Balaban J connectivity index is 1.07. The molecule has 0 amide bonds. The first-order chi connectivity index (χ1) is 29.8. The van der Waals surface area contributed by atoms with E-state index in [1.165, 1.54) is 77.5 Å². The largest absolute Gasteiger partial charge is 0.309 e. The van der Waals surface area contributed by atoms with E-state index in [-0.39, 0.29) is 0 Å². The summed E-state index contributed by atoms with van der Waals surface area (Å²) in [6.07, 6.45) is 0. The topological polar surface area (TPSA) is 3.24 Å². The Labute approximate surface area is 352 Å². The van der Waals surface area contributed by atoms with Crippen molar-refractivity contribution in [2.75, 3.05) is 4.90 Å². The van der Waals surface area contributed by atoms with E-state index >= 15 is 0 Å². The van der Waals surface area contributed by atoms with Gasteiger partial charge in [-0.05, 0) is 90.8 Å². The second-order valence-corrected chi connectivity index (χ2v) is 15.6. The summed E-state index contributed by atoms with van der Waals surface area (Å²) in [4.78, 5) is 2.44. The highest BCUT2D eigenvalue weighted by molar-refractivity contribution is 6.02. The lowest BCUT2D eigenvalue weighted by Gasteiger charge is -2.34. The molecule has 0 saturated heterocycles. The van der Waals surface area contributed by atoms with Gasteiger partial charge in [-0.15, -0.1) is 0 Å². The van der Waals surface area contributed by atoms with Gasteiger partial charge >= 0.3 is 0 Å². The smallest absolute Gasteiger partial charge is 0.0713 e. The third-order valence-electron chi connectivity index (χ3n) is 12.4. The number of benzene rings is 10. The minimum atomic E-state index is -0.446.